The van der Waals surface area contributed by atoms with Gasteiger partial charge in [-0.1, -0.05) is 39.0 Å². The van der Waals surface area contributed by atoms with Crippen LogP contribution in [0.4, 0.5) is 0 Å². The van der Waals surface area contributed by atoms with E-state index in [0.717, 1.165) is 74.3 Å². The van der Waals surface area contributed by atoms with Crippen molar-refractivity contribution in [3.05, 3.63) is 107 Å². The summed E-state index contributed by atoms with van der Waals surface area (Å²) in [5.41, 5.74) is 28.5. The first-order chi connectivity index (χ1) is 29.1. The summed E-state index contributed by atoms with van der Waals surface area (Å²) < 4.78 is 0. The van der Waals surface area contributed by atoms with Gasteiger partial charge in [-0.2, -0.15) is 15.8 Å². The Bertz CT molecular complexity index is 2270. The second-order valence-electron chi connectivity index (χ2n) is 17.5. The monoisotopic (exact) mass is 798 g/mol. The molecular weight excluding hydrogens is 745 g/mol. The van der Waals surface area contributed by atoms with Crippen molar-refractivity contribution in [2.24, 2.45) is 35.0 Å². The van der Waals surface area contributed by atoms with Crippen molar-refractivity contribution in [2.75, 3.05) is 0 Å². The van der Waals surface area contributed by atoms with E-state index in [0.29, 0.717) is 68.7 Å². The number of nitrogens with zero attached hydrogens (tertiary/aromatic N) is 9. The molecule has 0 aliphatic heterocycles. The molecule has 0 saturated heterocycles. The fourth-order valence-electron chi connectivity index (χ4n) is 10.2. The molecule has 3 heterocycles. The van der Waals surface area contributed by atoms with Gasteiger partial charge in [-0.15, -0.1) is 0 Å². The maximum absolute atomic E-state index is 9.18. The molecule has 3 saturated carbocycles. The fraction of sp³-hybridized carbons (Fsp3) is 0.438. The number of rotatable bonds is 3. The number of hydrogen-bond acceptors (Lipinski definition) is 12. The van der Waals surface area contributed by atoms with Crippen LogP contribution in [0.1, 0.15) is 130 Å². The van der Waals surface area contributed by atoms with Crippen LogP contribution in [0.3, 0.4) is 0 Å². The molecule has 3 aliphatic rings. The zero-order valence-electron chi connectivity index (χ0n) is 34.7. The lowest BCUT2D eigenvalue weighted by Gasteiger charge is -2.31. The first-order valence-corrected chi connectivity index (χ1v) is 21.2. The zero-order valence-corrected chi connectivity index (χ0v) is 34.7. The zero-order chi connectivity index (χ0) is 42.3. The van der Waals surface area contributed by atoms with Crippen molar-refractivity contribution in [3.8, 4) is 18.2 Å². The van der Waals surface area contributed by atoms with Gasteiger partial charge in [0.05, 0.1) is 33.2 Å². The van der Waals surface area contributed by atoms with E-state index in [9.17, 15) is 15.8 Å². The smallest absolute Gasteiger partial charge is 0.107 e. The van der Waals surface area contributed by atoms with Crippen molar-refractivity contribution in [2.45, 2.75) is 114 Å². The third-order valence-electron chi connectivity index (χ3n) is 12.6. The van der Waals surface area contributed by atoms with Gasteiger partial charge >= 0.3 is 0 Å². The Morgan fingerprint density at radius 1 is 0.383 bits per heavy atom. The summed E-state index contributed by atoms with van der Waals surface area (Å²) in [6.45, 7) is 6.76. The van der Waals surface area contributed by atoms with Gasteiger partial charge < -0.3 is 17.2 Å². The van der Waals surface area contributed by atoms with Gasteiger partial charge in [0.25, 0.3) is 0 Å². The van der Waals surface area contributed by atoms with Crippen LogP contribution in [0.5, 0.6) is 0 Å². The van der Waals surface area contributed by atoms with Gasteiger partial charge in [0.1, 0.15) is 34.8 Å². The Balaban J connectivity index is 0.000000136. The van der Waals surface area contributed by atoms with Crippen molar-refractivity contribution in [3.63, 3.8) is 0 Å². The quantitative estimate of drug-likeness (QED) is 0.154. The molecular formula is C48H54N12. The molecule has 0 unspecified atom stereocenters. The molecule has 0 radical (unpaired) electrons. The number of hydrogen-bond donors (Lipinski definition) is 3. The molecule has 0 bridgehead atoms. The molecule has 3 aromatic heterocycles. The molecule has 306 valence electrons. The molecule has 12 nitrogen and oxygen atoms in total. The molecule has 3 fully saturated rings. The maximum atomic E-state index is 9.18. The Hall–Kier alpha value is -5.97. The minimum absolute atomic E-state index is 0.256. The van der Waals surface area contributed by atoms with E-state index >= 15 is 0 Å². The summed E-state index contributed by atoms with van der Waals surface area (Å²) in [4.78, 5) is 26.4. The van der Waals surface area contributed by atoms with Crippen LogP contribution in [0.25, 0.3) is 33.1 Å². The summed E-state index contributed by atoms with van der Waals surface area (Å²) >= 11 is 0. The first-order valence-electron chi connectivity index (χ1n) is 21.2. The predicted octanol–water partition coefficient (Wildman–Crippen LogP) is 8.20. The lowest BCUT2D eigenvalue weighted by atomic mass is 9.76. The highest BCUT2D eigenvalue weighted by molar-refractivity contribution is 5.85. The Morgan fingerprint density at radius 3 is 0.867 bits per heavy atom. The van der Waals surface area contributed by atoms with Crippen molar-refractivity contribution < 1.29 is 0 Å². The second kappa shape index (κ2) is 19.0. The van der Waals surface area contributed by atoms with E-state index in [2.05, 4.69) is 68.9 Å². The lowest BCUT2D eigenvalue weighted by molar-refractivity contribution is 0.309. The van der Waals surface area contributed by atoms with Crippen LogP contribution in [0.15, 0.2) is 73.6 Å². The average molecular weight is 799 g/mol. The van der Waals surface area contributed by atoms with Crippen LogP contribution < -0.4 is 17.2 Å². The van der Waals surface area contributed by atoms with Crippen molar-refractivity contribution >= 4 is 33.1 Å². The van der Waals surface area contributed by atoms with Crippen molar-refractivity contribution in [1.29, 1.82) is 15.8 Å². The maximum Gasteiger partial charge on any atom is 0.107 e. The van der Waals surface area contributed by atoms with E-state index in [1.165, 1.54) is 16.7 Å². The van der Waals surface area contributed by atoms with Crippen LogP contribution >= 0.6 is 0 Å². The molecule has 9 atom stereocenters. The molecule has 3 aromatic carbocycles. The number of benzene rings is 3. The van der Waals surface area contributed by atoms with Crippen LogP contribution in [-0.4, -0.2) is 48.0 Å². The van der Waals surface area contributed by atoms with Gasteiger partial charge in [0.15, 0.2) is 0 Å². The van der Waals surface area contributed by atoms with Crippen molar-refractivity contribution in [1.82, 2.24) is 29.9 Å². The molecule has 0 amide bonds. The summed E-state index contributed by atoms with van der Waals surface area (Å²) in [5.74, 6) is 3.14. The van der Waals surface area contributed by atoms with Gasteiger partial charge in [-0.3, -0.25) is 29.9 Å². The lowest BCUT2D eigenvalue weighted by Crippen LogP contribution is -2.31. The first kappa shape index (κ1) is 42.2. The largest absolute Gasteiger partial charge is 0.328 e. The Kier molecular flexibility index (Phi) is 13.3. The number of nitriles is 3. The minimum atomic E-state index is 0.256. The predicted molar refractivity (Wildman–Crippen MR) is 234 cm³/mol. The summed E-state index contributed by atoms with van der Waals surface area (Å²) in [5, 5.41) is 27.5. The van der Waals surface area contributed by atoms with Gasteiger partial charge in [0, 0.05) is 55.3 Å². The summed E-state index contributed by atoms with van der Waals surface area (Å²) in [7, 11) is 0. The van der Waals surface area contributed by atoms with Crippen LogP contribution in [-0.2, 0) is 0 Å². The molecule has 12 heteroatoms. The highest BCUT2D eigenvalue weighted by atomic mass is 14.8. The van der Waals surface area contributed by atoms with Gasteiger partial charge in [0.2, 0.25) is 0 Å². The molecule has 0 spiro atoms. The third-order valence-corrected chi connectivity index (χ3v) is 12.6. The van der Waals surface area contributed by atoms with Crippen LogP contribution in [0.2, 0.25) is 0 Å². The molecule has 3 aliphatic carbocycles. The SMILES string of the molecule is C[C@@H]1C[C@H](N)C[C@H](c2ccc(C#N)c3nccnc23)C1.C[C@H]1C[C@@H](N)C[C@@H](c2ccc(C#N)c3nccnc23)C1.C[C@H]1C[C@@H](N)C[C@@H](c2ccc(C#N)c3nccnc23)C1. The Labute approximate surface area is 352 Å². The molecule has 60 heavy (non-hydrogen) atoms. The van der Waals surface area contributed by atoms with E-state index in [1.54, 1.807) is 37.2 Å². The molecule has 6 N–H and O–H groups in total. The number of nitrogens with two attached hydrogens (primary N) is 3. The third kappa shape index (κ3) is 9.40. The van der Waals surface area contributed by atoms with Crippen LogP contribution in [0, 0.1) is 51.7 Å². The fourth-order valence-corrected chi connectivity index (χ4v) is 10.2. The molecule has 9 rings (SSSR count). The molecule has 6 aromatic rings. The van der Waals surface area contributed by atoms with Gasteiger partial charge in [-0.05, 0) is 128 Å². The highest BCUT2D eigenvalue weighted by Crippen LogP contribution is 2.40. The Morgan fingerprint density at radius 2 is 0.633 bits per heavy atom. The van der Waals surface area contributed by atoms with Gasteiger partial charge in [-0.25, -0.2) is 0 Å². The standard InChI is InChI=1S/3C16H18N4/c3*1-10-6-12(8-13(18)7-10)14-3-2-11(9-17)15-16(14)20-5-4-19-15/h3*2-5,10,12-13H,6-8,18H2,1H3/t3*10-,12+,13-/m110/s1. The van der Waals surface area contributed by atoms with E-state index in [4.69, 9.17) is 17.2 Å². The normalized spacial score (nSPS) is 26.4. The van der Waals surface area contributed by atoms with E-state index < -0.39 is 0 Å². The highest BCUT2D eigenvalue weighted by Gasteiger charge is 2.30. The number of fused-ring (bicyclic) bond motifs is 3. The summed E-state index contributed by atoms with van der Waals surface area (Å²) in [6.07, 6.45) is 19.6. The van der Waals surface area contributed by atoms with E-state index in [1.807, 2.05) is 36.4 Å². The average Bonchev–Trinajstić information content (AvgIpc) is 3.24. The second-order valence-corrected chi connectivity index (χ2v) is 17.5. The van der Waals surface area contributed by atoms with E-state index in [-0.39, 0.29) is 18.1 Å². The summed E-state index contributed by atoms with van der Waals surface area (Å²) in [6, 6.07) is 19.0. The number of aromatic nitrogens is 6. The topological polar surface area (TPSA) is 227 Å². The minimum Gasteiger partial charge on any atom is -0.328 e.